The molecule has 5 heteroatoms. The van der Waals surface area contributed by atoms with E-state index in [1.807, 2.05) is 11.9 Å². The molecule has 0 aromatic rings. The second-order valence-corrected chi connectivity index (χ2v) is 3.12. The highest BCUT2D eigenvalue weighted by atomic mass is 16.5. The molecule has 0 bridgehead atoms. The van der Waals surface area contributed by atoms with Gasteiger partial charge < -0.3 is 9.64 Å². The van der Waals surface area contributed by atoms with Gasteiger partial charge in [-0.3, -0.25) is 10.4 Å². The predicted octanol–water partition coefficient (Wildman–Crippen LogP) is 0.184. The highest BCUT2D eigenvalue weighted by Gasteiger charge is 2.01. The van der Waals surface area contributed by atoms with Crippen molar-refractivity contribution in [2.45, 2.75) is 19.8 Å². The number of hydrogen-bond donors (Lipinski definition) is 2. The van der Waals surface area contributed by atoms with Gasteiger partial charge in [-0.2, -0.15) is 0 Å². The van der Waals surface area contributed by atoms with Gasteiger partial charge in [0.1, 0.15) is 0 Å². The summed E-state index contributed by atoms with van der Waals surface area (Å²) in [5.41, 5.74) is 2.60. The minimum atomic E-state index is 0.735. The molecular weight excluding hydrogens is 180 g/mol. The number of nitrogens with zero attached hydrogens (tertiary/aromatic N) is 2. The summed E-state index contributed by atoms with van der Waals surface area (Å²) in [6, 6.07) is 0. The fraction of sp³-hybridized carbons (Fsp3) is 0.889. The Morgan fingerprint density at radius 3 is 2.79 bits per heavy atom. The Morgan fingerprint density at radius 1 is 1.57 bits per heavy atom. The molecule has 0 radical (unpaired) electrons. The van der Waals surface area contributed by atoms with E-state index in [2.05, 4.69) is 17.3 Å². The molecule has 0 rings (SSSR count). The first kappa shape index (κ1) is 13.2. The van der Waals surface area contributed by atoms with Crippen LogP contribution in [0.4, 0.5) is 0 Å². The van der Waals surface area contributed by atoms with Gasteiger partial charge in [-0.25, -0.2) is 5.84 Å². The average molecular weight is 202 g/mol. The Labute approximate surface area is 86.3 Å². The first-order valence-corrected chi connectivity index (χ1v) is 4.97. The minimum absolute atomic E-state index is 0.735. The van der Waals surface area contributed by atoms with Gasteiger partial charge in [0, 0.05) is 33.9 Å². The number of ether oxygens (including phenoxy) is 1. The SMILES string of the molecule is CCCN(C)C(=NCCCOC)NN. The van der Waals surface area contributed by atoms with E-state index < -0.39 is 0 Å². The molecule has 0 aromatic carbocycles. The zero-order valence-electron chi connectivity index (χ0n) is 9.42. The number of rotatable bonds is 6. The van der Waals surface area contributed by atoms with Crippen LogP contribution >= 0.6 is 0 Å². The topological polar surface area (TPSA) is 62.9 Å². The van der Waals surface area contributed by atoms with Crippen molar-refractivity contribution < 1.29 is 4.74 Å². The smallest absolute Gasteiger partial charge is 0.208 e. The van der Waals surface area contributed by atoms with Crippen LogP contribution in [0.3, 0.4) is 0 Å². The van der Waals surface area contributed by atoms with Gasteiger partial charge in [-0.1, -0.05) is 6.92 Å². The quantitative estimate of drug-likeness (QED) is 0.212. The van der Waals surface area contributed by atoms with Crippen LogP contribution in [0.15, 0.2) is 4.99 Å². The lowest BCUT2D eigenvalue weighted by atomic mass is 10.4. The maximum absolute atomic E-state index is 5.36. The van der Waals surface area contributed by atoms with E-state index in [0.717, 1.165) is 38.5 Å². The summed E-state index contributed by atoms with van der Waals surface area (Å²) in [5.74, 6) is 6.10. The van der Waals surface area contributed by atoms with E-state index in [1.165, 1.54) is 0 Å². The molecule has 3 N–H and O–H groups in total. The molecule has 0 aliphatic heterocycles. The van der Waals surface area contributed by atoms with Crippen molar-refractivity contribution in [2.24, 2.45) is 10.8 Å². The molecule has 0 amide bonds. The zero-order chi connectivity index (χ0) is 10.8. The fourth-order valence-corrected chi connectivity index (χ4v) is 1.11. The fourth-order valence-electron chi connectivity index (χ4n) is 1.11. The van der Waals surface area contributed by atoms with Gasteiger partial charge in [-0.15, -0.1) is 0 Å². The maximum atomic E-state index is 5.36. The predicted molar refractivity (Wildman–Crippen MR) is 59.0 cm³/mol. The van der Waals surface area contributed by atoms with Crippen LogP contribution in [-0.4, -0.2) is 44.7 Å². The molecule has 0 saturated heterocycles. The van der Waals surface area contributed by atoms with E-state index in [0.29, 0.717) is 0 Å². The van der Waals surface area contributed by atoms with E-state index in [4.69, 9.17) is 10.6 Å². The summed E-state index contributed by atoms with van der Waals surface area (Å²) < 4.78 is 4.93. The standard InChI is InChI=1S/C9H22N4O/c1-4-7-13(2)9(12-10)11-6-5-8-14-3/h4-8,10H2,1-3H3,(H,11,12). The lowest BCUT2D eigenvalue weighted by Crippen LogP contribution is -2.43. The maximum Gasteiger partial charge on any atom is 0.208 e. The van der Waals surface area contributed by atoms with Crippen LogP contribution in [0.25, 0.3) is 0 Å². The summed E-state index contributed by atoms with van der Waals surface area (Å²) in [6.45, 7) is 4.54. The molecule has 0 spiro atoms. The monoisotopic (exact) mass is 202 g/mol. The molecule has 0 aliphatic carbocycles. The third kappa shape index (κ3) is 5.77. The molecule has 14 heavy (non-hydrogen) atoms. The summed E-state index contributed by atoms with van der Waals surface area (Å²) in [7, 11) is 3.66. The van der Waals surface area contributed by atoms with Crippen molar-refractivity contribution in [3.05, 3.63) is 0 Å². The lowest BCUT2D eigenvalue weighted by molar-refractivity contribution is 0.197. The summed E-state index contributed by atoms with van der Waals surface area (Å²) in [6.07, 6.45) is 2.00. The Balaban J connectivity index is 3.84. The van der Waals surface area contributed by atoms with Crippen LogP contribution in [0, 0.1) is 0 Å². The van der Waals surface area contributed by atoms with Gasteiger partial charge >= 0.3 is 0 Å². The summed E-state index contributed by atoms with van der Waals surface area (Å²) in [4.78, 5) is 6.33. The molecule has 0 unspecified atom stereocenters. The Bertz CT molecular complexity index is 161. The summed E-state index contributed by atoms with van der Waals surface area (Å²) in [5, 5.41) is 0. The number of methoxy groups -OCH3 is 1. The number of hydrogen-bond acceptors (Lipinski definition) is 3. The van der Waals surface area contributed by atoms with Crippen LogP contribution in [0.1, 0.15) is 19.8 Å². The van der Waals surface area contributed by atoms with Crippen LogP contribution in [-0.2, 0) is 4.74 Å². The van der Waals surface area contributed by atoms with Gasteiger partial charge in [0.05, 0.1) is 0 Å². The molecule has 5 nitrogen and oxygen atoms in total. The number of guanidine groups is 1. The Morgan fingerprint density at radius 2 is 2.29 bits per heavy atom. The van der Waals surface area contributed by atoms with E-state index in [1.54, 1.807) is 7.11 Å². The second kappa shape index (κ2) is 8.77. The van der Waals surface area contributed by atoms with Crippen LogP contribution in [0.5, 0.6) is 0 Å². The van der Waals surface area contributed by atoms with Gasteiger partial charge in [-0.05, 0) is 12.8 Å². The number of aliphatic imine (C=N–C) groups is 1. The van der Waals surface area contributed by atoms with Crippen LogP contribution in [0.2, 0.25) is 0 Å². The summed E-state index contributed by atoms with van der Waals surface area (Å²) >= 11 is 0. The van der Waals surface area contributed by atoms with Gasteiger partial charge in [0.25, 0.3) is 0 Å². The third-order valence-electron chi connectivity index (χ3n) is 1.82. The molecule has 0 aliphatic rings. The first-order chi connectivity index (χ1) is 6.76. The first-order valence-electron chi connectivity index (χ1n) is 4.97. The van der Waals surface area contributed by atoms with Crippen molar-refractivity contribution in [3.8, 4) is 0 Å². The van der Waals surface area contributed by atoms with Crippen molar-refractivity contribution in [1.29, 1.82) is 0 Å². The molecule has 0 aromatic heterocycles. The van der Waals surface area contributed by atoms with Crippen molar-refractivity contribution in [3.63, 3.8) is 0 Å². The third-order valence-corrected chi connectivity index (χ3v) is 1.82. The normalized spacial score (nSPS) is 11.6. The van der Waals surface area contributed by atoms with Crippen molar-refractivity contribution in [2.75, 3.05) is 33.9 Å². The number of nitrogens with two attached hydrogens (primary N) is 1. The molecule has 0 heterocycles. The molecule has 84 valence electrons. The largest absolute Gasteiger partial charge is 0.385 e. The zero-order valence-corrected chi connectivity index (χ0v) is 9.42. The number of nitrogens with one attached hydrogen (secondary N) is 1. The van der Waals surface area contributed by atoms with Crippen molar-refractivity contribution in [1.82, 2.24) is 10.3 Å². The molecular formula is C9H22N4O. The number of hydrazine groups is 1. The van der Waals surface area contributed by atoms with Gasteiger partial charge in [0.2, 0.25) is 5.96 Å². The van der Waals surface area contributed by atoms with E-state index >= 15 is 0 Å². The van der Waals surface area contributed by atoms with Crippen LogP contribution < -0.4 is 11.3 Å². The highest BCUT2D eigenvalue weighted by molar-refractivity contribution is 5.79. The second-order valence-electron chi connectivity index (χ2n) is 3.12. The van der Waals surface area contributed by atoms with Crippen molar-refractivity contribution >= 4 is 5.96 Å². The molecule has 0 saturated carbocycles. The molecule has 0 fully saturated rings. The Hall–Kier alpha value is -0.810. The van der Waals surface area contributed by atoms with E-state index in [9.17, 15) is 0 Å². The highest BCUT2D eigenvalue weighted by Crippen LogP contribution is 1.89. The average Bonchev–Trinajstić information content (AvgIpc) is 2.18. The van der Waals surface area contributed by atoms with Gasteiger partial charge in [0.15, 0.2) is 0 Å². The lowest BCUT2D eigenvalue weighted by Gasteiger charge is -2.19. The van der Waals surface area contributed by atoms with E-state index in [-0.39, 0.29) is 0 Å². The minimum Gasteiger partial charge on any atom is -0.385 e. The molecule has 0 atom stereocenters. The Kier molecular flexibility index (Phi) is 8.27.